The minimum absolute atomic E-state index is 0.221. The van der Waals surface area contributed by atoms with Crippen molar-refractivity contribution in [2.75, 3.05) is 13.1 Å². The molecule has 160 valence electrons. The van der Waals surface area contributed by atoms with Gasteiger partial charge < -0.3 is 5.32 Å². The molecule has 1 aliphatic carbocycles. The van der Waals surface area contributed by atoms with Crippen molar-refractivity contribution >= 4 is 17.2 Å². The zero-order chi connectivity index (χ0) is 21.3. The molecule has 2 fully saturated rings. The monoisotopic (exact) mass is 430 g/mol. The van der Waals surface area contributed by atoms with E-state index in [2.05, 4.69) is 77.1 Å². The number of piperidine rings is 1. The molecular weight excluding hydrogens is 400 g/mol. The molecule has 1 spiro atoms. The summed E-state index contributed by atoms with van der Waals surface area (Å²) in [6.07, 6.45) is 3.35. The minimum Gasteiger partial charge on any atom is -0.351 e. The van der Waals surface area contributed by atoms with Gasteiger partial charge in [-0.2, -0.15) is 0 Å². The van der Waals surface area contributed by atoms with Crippen LogP contribution in [0.5, 0.6) is 0 Å². The van der Waals surface area contributed by atoms with Crippen LogP contribution >= 0.6 is 11.3 Å². The number of amides is 1. The fourth-order valence-electron chi connectivity index (χ4n) is 5.13. The Bertz CT molecular complexity index is 1050. The Morgan fingerprint density at radius 3 is 2.71 bits per heavy atom. The van der Waals surface area contributed by atoms with Gasteiger partial charge in [-0.05, 0) is 84.5 Å². The fraction of sp³-hybridized carbons (Fsp3) is 0.370. The standard InChI is InChI=1S/C27H30N2OS/c1-20-6-2-3-10-24(20)22-8-4-7-21(16-22)19-29-13-11-27(12-14-29)17-25(27)26(30)28-18-23-9-5-15-31-23/h2-10,15-16,25H,11-14,17-19H2,1H3,(H,28,30)/t25-/m0/s1. The molecule has 2 aliphatic rings. The Balaban J connectivity index is 1.15. The number of thiophene rings is 1. The Morgan fingerprint density at radius 1 is 1.10 bits per heavy atom. The molecular formula is C27H30N2OS. The number of nitrogens with zero attached hydrogens (tertiary/aromatic N) is 1. The van der Waals surface area contributed by atoms with Crippen LogP contribution < -0.4 is 5.32 Å². The number of hydrogen-bond donors (Lipinski definition) is 1. The van der Waals surface area contributed by atoms with Crippen LogP contribution in [-0.4, -0.2) is 23.9 Å². The maximum atomic E-state index is 12.6. The average molecular weight is 431 g/mol. The molecule has 1 N–H and O–H groups in total. The highest BCUT2D eigenvalue weighted by Gasteiger charge is 2.58. The van der Waals surface area contributed by atoms with Gasteiger partial charge in [0.2, 0.25) is 5.91 Å². The molecule has 1 atom stereocenters. The number of rotatable bonds is 6. The van der Waals surface area contributed by atoms with E-state index in [0.29, 0.717) is 6.54 Å². The second-order valence-corrected chi connectivity index (χ2v) is 10.2. The smallest absolute Gasteiger partial charge is 0.223 e. The summed E-state index contributed by atoms with van der Waals surface area (Å²) in [5.74, 6) is 0.478. The lowest BCUT2D eigenvalue weighted by molar-refractivity contribution is -0.123. The maximum Gasteiger partial charge on any atom is 0.223 e. The Kier molecular flexibility index (Phi) is 5.68. The maximum absolute atomic E-state index is 12.6. The molecule has 4 heteroatoms. The molecule has 1 aromatic heterocycles. The van der Waals surface area contributed by atoms with Gasteiger partial charge in [0.1, 0.15) is 0 Å². The summed E-state index contributed by atoms with van der Waals surface area (Å²) in [6, 6.07) is 21.7. The highest BCUT2D eigenvalue weighted by atomic mass is 32.1. The van der Waals surface area contributed by atoms with Gasteiger partial charge in [0, 0.05) is 17.3 Å². The summed E-state index contributed by atoms with van der Waals surface area (Å²) in [7, 11) is 0. The van der Waals surface area contributed by atoms with Crippen molar-refractivity contribution in [2.24, 2.45) is 11.3 Å². The zero-order valence-corrected chi connectivity index (χ0v) is 19.0. The summed E-state index contributed by atoms with van der Waals surface area (Å²) in [4.78, 5) is 16.4. The normalized spacial score (nSPS) is 20.0. The lowest BCUT2D eigenvalue weighted by Gasteiger charge is -2.33. The predicted molar refractivity (Wildman–Crippen MR) is 128 cm³/mol. The third kappa shape index (κ3) is 4.46. The molecule has 1 aliphatic heterocycles. The van der Waals surface area contributed by atoms with E-state index >= 15 is 0 Å². The number of hydrogen-bond acceptors (Lipinski definition) is 3. The first-order chi connectivity index (χ1) is 15.1. The van der Waals surface area contributed by atoms with E-state index in [1.807, 2.05) is 6.07 Å². The van der Waals surface area contributed by atoms with Crippen molar-refractivity contribution in [3.8, 4) is 11.1 Å². The first kappa shape index (κ1) is 20.5. The van der Waals surface area contributed by atoms with Crippen LogP contribution in [0, 0.1) is 18.3 Å². The lowest BCUT2D eigenvalue weighted by Crippen LogP contribution is -2.36. The Labute approximate surface area is 189 Å². The van der Waals surface area contributed by atoms with Crippen molar-refractivity contribution in [2.45, 2.75) is 39.3 Å². The van der Waals surface area contributed by atoms with Crippen LogP contribution in [-0.2, 0) is 17.9 Å². The first-order valence-electron chi connectivity index (χ1n) is 11.3. The summed E-state index contributed by atoms with van der Waals surface area (Å²) >= 11 is 1.70. The fourth-order valence-corrected chi connectivity index (χ4v) is 5.77. The Morgan fingerprint density at radius 2 is 1.94 bits per heavy atom. The van der Waals surface area contributed by atoms with Gasteiger partial charge in [-0.25, -0.2) is 0 Å². The molecule has 2 heterocycles. The molecule has 1 amide bonds. The van der Waals surface area contributed by atoms with E-state index in [0.717, 1.165) is 38.9 Å². The third-order valence-electron chi connectivity index (χ3n) is 7.16. The number of carbonyl (C=O) groups is 1. The van der Waals surface area contributed by atoms with Crippen molar-refractivity contribution in [3.05, 3.63) is 82.0 Å². The van der Waals surface area contributed by atoms with Crippen LogP contribution in [0.1, 0.15) is 35.3 Å². The van der Waals surface area contributed by atoms with Gasteiger partial charge in [-0.1, -0.05) is 48.5 Å². The van der Waals surface area contributed by atoms with Crippen molar-refractivity contribution in [3.63, 3.8) is 0 Å². The van der Waals surface area contributed by atoms with Gasteiger partial charge >= 0.3 is 0 Å². The lowest BCUT2D eigenvalue weighted by atomic mass is 9.90. The summed E-state index contributed by atoms with van der Waals surface area (Å²) in [5.41, 5.74) is 5.57. The molecule has 31 heavy (non-hydrogen) atoms. The van der Waals surface area contributed by atoms with E-state index in [4.69, 9.17) is 0 Å². The van der Waals surface area contributed by atoms with Gasteiger partial charge in [0.15, 0.2) is 0 Å². The molecule has 2 aromatic carbocycles. The highest BCUT2D eigenvalue weighted by molar-refractivity contribution is 7.09. The second kappa shape index (κ2) is 8.60. The summed E-state index contributed by atoms with van der Waals surface area (Å²) < 4.78 is 0. The molecule has 3 nitrogen and oxygen atoms in total. The number of benzene rings is 2. The molecule has 3 aromatic rings. The SMILES string of the molecule is Cc1ccccc1-c1cccc(CN2CCC3(CC2)C[C@H]3C(=O)NCc2cccs2)c1. The van der Waals surface area contributed by atoms with Gasteiger partial charge in [0.25, 0.3) is 0 Å². The van der Waals surface area contributed by atoms with Crippen molar-refractivity contribution in [1.29, 1.82) is 0 Å². The molecule has 1 saturated carbocycles. The molecule has 0 unspecified atom stereocenters. The number of likely N-dealkylation sites (tertiary alicyclic amines) is 1. The summed E-state index contributed by atoms with van der Waals surface area (Å²) in [5, 5.41) is 5.22. The first-order valence-corrected chi connectivity index (χ1v) is 12.2. The number of carbonyl (C=O) groups excluding carboxylic acids is 1. The zero-order valence-electron chi connectivity index (χ0n) is 18.1. The third-order valence-corrected chi connectivity index (χ3v) is 8.04. The largest absolute Gasteiger partial charge is 0.351 e. The number of aryl methyl sites for hydroxylation is 1. The molecule has 5 rings (SSSR count). The molecule has 0 radical (unpaired) electrons. The topological polar surface area (TPSA) is 32.3 Å². The molecule has 0 bridgehead atoms. The van der Waals surface area contributed by atoms with E-state index in [1.54, 1.807) is 11.3 Å². The van der Waals surface area contributed by atoms with E-state index in [9.17, 15) is 4.79 Å². The number of nitrogens with one attached hydrogen (secondary N) is 1. The summed E-state index contributed by atoms with van der Waals surface area (Å²) in [6.45, 7) is 6.01. The minimum atomic E-state index is 0.221. The highest BCUT2D eigenvalue weighted by Crippen LogP contribution is 2.59. The van der Waals surface area contributed by atoms with Crippen LogP contribution in [0.25, 0.3) is 11.1 Å². The van der Waals surface area contributed by atoms with E-state index in [1.165, 1.54) is 27.1 Å². The van der Waals surface area contributed by atoms with Crippen LogP contribution in [0.3, 0.4) is 0 Å². The average Bonchev–Trinajstić information content (AvgIpc) is 3.23. The van der Waals surface area contributed by atoms with E-state index < -0.39 is 0 Å². The van der Waals surface area contributed by atoms with Crippen LogP contribution in [0.4, 0.5) is 0 Å². The van der Waals surface area contributed by atoms with Gasteiger partial charge in [-0.3, -0.25) is 9.69 Å². The Hall–Kier alpha value is -2.43. The van der Waals surface area contributed by atoms with Gasteiger partial charge in [-0.15, -0.1) is 11.3 Å². The van der Waals surface area contributed by atoms with Crippen molar-refractivity contribution in [1.82, 2.24) is 10.2 Å². The van der Waals surface area contributed by atoms with E-state index in [-0.39, 0.29) is 17.2 Å². The second-order valence-electron chi connectivity index (χ2n) is 9.21. The van der Waals surface area contributed by atoms with Crippen LogP contribution in [0.2, 0.25) is 0 Å². The predicted octanol–water partition coefficient (Wildman–Crippen LogP) is 5.64. The van der Waals surface area contributed by atoms with Crippen molar-refractivity contribution < 1.29 is 4.79 Å². The quantitative estimate of drug-likeness (QED) is 0.549. The van der Waals surface area contributed by atoms with Gasteiger partial charge in [0.05, 0.1) is 6.54 Å². The van der Waals surface area contributed by atoms with Crippen LogP contribution in [0.15, 0.2) is 66.0 Å². The molecule has 1 saturated heterocycles.